The van der Waals surface area contributed by atoms with Gasteiger partial charge in [-0.3, -0.25) is 0 Å². The molecule has 6 nitrogen and oxygen atoms in total. The van der Waals surface area contributed by atoms with Gasteiger partial charge in [-0.15, -0.1) is 0 Å². The molecule has 1 N–H and O–H groups in total. The summed E-state index contributed by atoms with van der Waals surface area (Å²) in [5.74, 6) is 1.04. The maximum absolute atomic E-state index is 8.65. The maximum Gasteiger partial charge on any atom is 0.218 e. The largest absolute Gasteiger partial charge is 0.481 e. The molecular weight excluding hydrogens is 226 g/mol. The Bertz CT molecular complexity index is 533. The first-order chi connectivity index (χ1) is 7.81. The highest BCUT2D eigenvalue weighted by atomic mass is 32.1. The Kier molecular flexibility index (Phi) is 2.93. The molecule has 0 aromatic carbocycles. The molecule has 0 atom stereocenters. The van der Waals surface area contributed by atoms with Gasteiger partial charge in [0.2, 0.25) is 5.88 Å². The van der Waals surface area contributed by atoms with Crippen LogP contribution >= 0.6 is 11.3 Å². The predicted octanol–water partition coefficient (Wildman–Crippen LogP) is 1.56. The molecule has 16 heavy (non-hydrogen) atoms. The summed E-state index contributed by atoms with van der Waals surface area (Å²) in [6.45, 7) is 0. The second kappa shape index (κ2) is 4.55. The fraction of sp³-hybridized carbons (Fsp3) is 0.111. The molecule has 2 aromatic heterocycles. The van der Waals surface area contributed by atoms with Crippen molar-refractivity contribution >= 4 is 22.3 Å². The average molecular weight is 233 g/mol. The topological polar surface area (TPSA) is 83.7 Å². The number of rotatable bonds is 3. The van der Waals surface area contributed by atoms with Gasteiger partial charge in [0.1, 0.15) is 23.1 Å². The number of aromatic nitrogens is 3. The second-order valence-corrected chi connectivity index (χ2v) is 3.74. The quantitative estimate of drug-likeness (QED) is 0.866. The number of ether oxygens (including phenoxy) is 1. The van der Waals surface area contributed by atoms with E-state index in [-0.39, 0.29) is 0 Å². The van der Waals surface area contributed by atoms with Crippen LogP contribution in [0.15, 0.2) is 18.6 Å². The fourth-order valence-electron chi connectivity index (χ4n) is 1.01. The Labute approximate surface area is 95.6 Å². The molecule has 0 aliphatic rings. The van der Waals surface area contributed by atoms with Gasteiger partial charge in [-0.2, -0.15) is 5.26 Å². The molecule has 80 valence electrons. The lowest BCUT2D eigenvalue weighted by atomic mass is 10.5. The summed E-state index contributed by atoms with van der Waals surface area (Å²) in [5.41, 5.74) is 0. The van der Waals surface area contributed by atoms with Crippen LogP contribution in [0.25, 0.3) is 0 Å². The van der Waals surface area contributed by atoms with Gasteiger partial charge in [0.05, 0.1) is 13.3 Å². The van der Waals surface area contributed by atoms with Crippen molar-refractivity contribution in [3.63, 3.8) is 0 Å². The first-order valence-electron chi connectivity index (χ1n) is 4.31. The fourth-order valence-corrected chi connectivity index (χ4v) is 1.63. The first-order valence-corrected chi connectivity index (χ1v) is 5.12. The van der Waals surface area contributed by atoms with Gasteiger partial charge in [0, 0.05) is 6.07 Å². The third-order valence-corrected chi connectivity index (χ3v) is 2.52. The molecule has 2 rings (SSSR count). The third-order valence-electron chi connectivity index (χ3n) is 1.70. The summed E-state index contributed by atoms with van der Waals surface area (Å²) in [6, 6.07) is 3.66. The van der Waals surface area contributed by atoms with Crippen molar-refractivity contribution in [1.82, 2.24) is 15.0 Å². The van der Waals surface area contributed by atoms with E-state index in [0.717, 1.165) is 0 Å². The highest BCUT2D eigenvalue weighted by Crippen LogP contribution is 2.21. The van der Waals surface area contributed by atoms with E-state index in [2.05, 4.69) is 20.3 Å². The smallest absolute Gasteiger partial charge is 0.218 e. The zero-order chi connectivity index (χ0) is 11.4. The summed E-state index contributed by atoms with van der Waals surface area (Å²) < 4.78 is 4.96. The van der Waals surface area contributed by atoms with Crippen molar-refractivity contribution in [2.24, 2.45) is 0 Å². The van der Waals surface area contributed by atoms with Crippen molar-refractivity contribution in [3.8, 4) is 11.9 Å². The van der Waals surface area contributed by atoms with Crippen LogP contribution in [0.5, 0.6) is 5.88 Å². The SMILES string of the molecule is COc1cc(Nc2ncc(C#N)s2)ncn1. The molecular formula is C9H7N5OS. The highest BCUT2D eigenvalue weighted by molar-refractivity contribution is 7.16. The summed E-state index contributed by atoms with van der Waals surface area (Å²) in [7, 11) is 1.53. The van der Waals surface area contributed by atoms with Crippen LogP contribution in [0.2, 0.25) is 0 Å². The van der Waals surface area contributed by atoms with Gasteiger partial charge in [-0.25, -0.2) is 15.0 Å². The molecule has 2 heterocycles. The van der Waals surface area contributed by atoms with Gasteiger partial charge in [-0.1, -0.05) is 11.3 Å². The van der Waals surface area contributed by atoms with E-state index in [1.807, 2.05) is 6.07 Å². The van der Waals surface area contributed by atoms with E-state index >= 15 is 0 Å². The van der Waals surface area contributed by atoms with Gasteiger partial charge in [-0.05, 0) is 0 Å². The van der Waals surface area contributed by atoms with Crippen LogP contribution < -0.4 is 10.1 Å². The zero-order valence-electron chi connectivity index (χ0n) is 8.34. The van der Waals surface area contributed by atoms with Crippen LogP contribution in [-0.4, -0.2) is 22.1 Å². The molecule has 0 aliphatic heterocycles. The molecule has 0 bridgehead atoms. The van der Waals surface area contributed by atoms with Crippen molar-refractivity contribution in [2.75, 3.05) is 12.4 Å². The molecule has 0 saturated heterocycles. The standard InChI is InChI=1S/C9H7N5OS/c1-15-8-2-7(12-5-13-8)14-9-11-4-6(3-10)16-9/h2,4-5H,1H3,(H,11,12,13,14). The number of thiazole rings is 1. The highest BCUT2D eigenvalue weighted by Gasteiger charge is 2.03. The minimum atomic E-state index is 0.467. The number of anilines is 2. The van der Waals surface area contributed by atoms with E-state index in [9.17, 15) is 0 Å². The van der Waals surface area contributed by atoms with E-state index < -0.39 is 0 Å². The predicted molar refractivity (Wildman–Crippen MR) is 58.7 cm³/mol. The van der Waals surface area contributed by atoms with E-state index in [1.165, 1.54) is 31.0 Å². The number of nitrogens with one attached hydrogen (secondary N) is 1. The Hall–Kier alpha value is -2.20. The molecule has 0 aliphatic carbocycles. The zero-order valence-corrected chi connectivity index (χ0v) is 9.15. The van der Waals surface area contributed by atoms with Gasteiger partial charge in [0.15, 0.2) is 5.13 Å². The van der Waals surface area contributed by atoms with Crippen molar-refractivity contribution < 1.29 is 4.74 Å². The molecule has 0 radical (unpaired) electrons. The average Bonchev–Trinajstić information content (AvgIpc) is 2.77. The molecule has 2 aromatic rings. The van der Waals surface area contributed by atoms with Crippen LogP contribution in [0.4, 0.5) is 10.9 Å². The molecule has 0 amide bonds. The lowest BCUT2D eigenvalue weighted by Crippen LogP contribution is -1.95. The normalized spacial score (nSPS) is 9.50. The summed E-state index contributed by atoms with van der Waals surface area (Å²) in [6.07, 6.45) is 2.89. The van der Waals surface area contributed by atoms with Crippen molar-refractivity contribution in [1.29, 1.82) is 5.26 Å². The number of nitriles is 1. The minimum absolute atomic E-state index is 0.467. The Morgan fingerprint density at radius 3 is 3.00 bits per heavy atom. The Morgan fingerprint density at radius 1 is 1.44 bits per heavy atom. The van der Waals surface area contributed by atoms with Crippen molar-refractivity contribution in [2.45, 2.75) is 0 Å². The first kappa shape index (κ1) is 10.3. The van der Waals surface area contributed by atoms with Gasteiger partial charge < -0.3 is 10.1 Å². The number of hydrogen-bond acceptors (Lipinski definition) is 7. The van der Waals surface area contributed by atoms with Gasteiger partial charge >= 0.3 is 0 Å². The van der Waals surface area contributed by atoms with Gasteiger partial charge in [0.25, 0.3) is 0 Å². The number of nitrogens with zero attached hydrogens (tertiary/aromatic N) is 4. The summed E-state index contributed by atoms with van der Waals surface area (Å²) >= 11 is 1.26. The summed E-state index contributed by atoms with van der Waals surface area (Å²) in [4.78, 5) is 12.4. The molecule has 0 saturated carbocycles. The van der Waals surface area contributed by atoms with Crippen LogP contribution in [0.3, 0.4) is 0 Å². The van der Waals surface area contributed by atoms with Crippen molar-refractivity contribution in [3.05, 3.63) is 23.5 Å². The third kappa shape index (κ3) is 2.24. The van der Waals surface area contributed by atoms with E-state index in [0.29, 0.717) is 21.7 Å². The summed E-state index contributed by atoms with van der Waals surface area (Å²) in [5, 5.41) is 12.2. The Balaban J connectivity index is 2.17. The van der Waals surface area contributed by atoms with E-state index in [1.54, 1.807) is 6.07 Å². The number of methoxy groups -OCH3 is 1. The van der Waals surface area contributed by atoms with Crippen LogP contribution in [0, 0.1) is 11.3 Å². The second-order valence-electron chi connectivity index (χ2n) is 2.71. The molecule has 0 unspecified atom stereocenters. The lowest BCUT2D eigenvalue weighted by Gasteiger charge is -2.02. The lowest BCUT2D eigenvalue weighted by molar-refractivity contribution is 0.397. The minimum Gasteiger partial charge on any atom is -0.481 e. The monoisotopic (exact) mass is 233 g/mol. The molecule has 0 fully saturated rings. The van der Waals surface area contributed by atoms with Crippen LogP contribution in [-0.2, 0) is 0 Å². The Morgan fingerprint density at radius 2 is 2.31 bits per heavy atom. The molecule has 0 spiro atoms. The molecule has 7 heteroatoms. The number of hydrogen-bond donors (Lipinski definition) is 1. The van der Waals surface area contributed by atoms with Crippen LogP contribution in [0.1, 0.15) is 4.88 Å². The maximum atomic E-state index is 8.65. The van der Waals surface area contributed by atoms with E-state index in [4.69, 9.17) is 10.00 Å².